The molecule has 1 rings (SSSR count). The molecule has 0 bridgehead atoms. The summed E-state index contributed by atoms with van der Waals surface area (Å²) in [6.45, 7) is 6.51. The summed E-state index contributed by atoms with van der Waals surface area (Å²) in [5, 5.41) is 3.17. The highest BCUT2D eigenvalue weighted by Gasteiger charge is 2.33. The Bertz CT molecular complexity index is 410. The molecule has 1 aliphatic rings. The third-order valence-corrected chi connectivity index (χ3v) is 5.40. The Kier molecular flexibility index (Phi) is 6.42. The number of methoxy groups -OCH3 is 1. The summed E-state index contributed by atoms with van der Waals surface area (Å²) in [6.07, 6.45) is 1.51. The number of esters is 1. The lowest BCUT2D eigenvalue weighted by Crippen LogP contribution is -2.50. The fraction of sp³-hybridized carbons (Fsp3) is 0.923. The van der Waals surface area contributed by atoms with Gasteiger partial charge >= 0.3 is 5.97 Å². The number of nitrogens with one attached hydrogen (secondary N) is 1. The lowest BCUT2D eigenvalue weighted by molar-refractivity contribution is -0.148. The van der Waals surface area contributed by atoms with Crippen molar-refractivity contribution in [3.8, 4) is 0 Å². The summed E-state index contributed by atoms with van der Waals surface area (Å²) in [7, 11) is -1.43. The first kappa shape index (κ1) is 17.4. The van der Waals surface area contributed by atoms with E-state index >= 15 is 0 Å². The molecule has 0 radical (unpaired) electrons. The molecule has 1 fully saturated rings. The van der Waals surface area contributed by atoms with Gasteiger partial charge in [0.1, 0.15) is 5.54 Å². The maximum Gasteiger partial charge on any atom is 0.325 e. The summed E-state index contributed by atoms with van der Waals surface area (Å²) in [5.41, 5.74) is -0.661. The smallest absolute Gasteiger partial charge is 0.325 e. The number of nitrogens with zero attached hydrogens (tertiary/aromatic N) is 1. The summed E-state index contributed by atoms with van der Waals surface area (Å²) in [5.74, 6) is 0.240. The van der Waals surface area contributed by atoms with E-state index < -0.39 is 15.4 Å². The third kappa shape index (κ3) is 5.03. The molecule has 1 atom stereocenters. The molecule has 0 aromatic rings. The van der Waals surface area contributed by atoms with Crippen LogP contribution in [0.1, 0.15) is 26.7 Å². The molecule has 0 aliphatic carbocycles. The van der Waals surface area contributed by atoms with Crippen LogP contribution in [0.15, 0.2) is 0 Å². The van der Waals surface area contributed by atoms with Crippen molar-refractivity contribution >= 4 is 15.8 Å². The van der Waals surface area contributed by atoms with Gasteiger partial charge in [0.15, 0.2) is 9.84 Å². The zero-order valence-corrected chi connectivity index (χ0v) is 13.5. The molecule has 20 heavy (non-hydrogen) atoms. The standard InChI is InChI=1S/C13H26N2O4S/c1-4-14-13(2,12(16)19-3)6-5-7-15-8-10-20(17,18)11-9-15/h14H,4-11H2,1-3H3. The van der Waals surface area contributed by atoms with Crippen LogP contribution in [0.5, 0.6) is 0 Å². The van der Waals surface area contributed by atoms with Gasteiger partial charge in [-0.25, -0.2) is 8.42 Å². The largest absolute Gasteiger partial charge is 0.468 e. The Morgan fingerprint density at radius 3 is 2.45 bits per heavy atom. The van der Waals surface area contributed by atoms with Crippen molar-refractivity contribution in [3.63, 3.8) is 0 Å². The van der Waals surface area contributed by atoms with Gasteiger partial charge in [-0.2, -0.15) is 0 Å². The minimum Gasteiger partial charge on any atom is -0.468 e. The van der Waals surface area contributed by atoms with E-state index in [1.165, 1.54) is 7.11 Å². The van der Waals surface area contributed by atoms with Crippen molar-refractivity contribution in [2.24, 2.45) is 0 Å². The van der Waals surface area contributed by atoms with Gasteiger partial charge in [-0.05, 0) is 32.9 Å². The van der Waals surface area contributed by atoms with E-state index in [0.717, 1.165) is 13.0 Å². The second-order valence-electron chi connectivity index (χ2n) is 5.45. The van der Waals surface area contributed by atoms with Crippen LogP contribution in [-0.2, 0) is 19.4 Å². The molecule has 0 amide bonds. The summed E-state index contributed by atoms with van der Waals surface area (Å²) < 4.78 is 27.5. The fourth-order valence-corrected chi connectivity index (χ4v) is 3.78. The van der Waals surface area contributed by atoms with Crippen LogP contribution in [0.25, 0.3) is 0 Å². The van der Waals surface area contributed by atoms with E-state index in [2.05, 4.69) is 10.2 Å². The van der Waals surface area contributed by atoms with Gasteiger partial charge in [0.05, 0.1) is 18.6 Å². The van der Waals surface area contributed by atoms with Crippen molar-refractivity contribution in [3.05, 3.63) is 0 Å². The van der Waals surface area contributed by atoms with Crippen LogP contribution < -0.4 is 5.32 Å². The molecular formula is C13H26N2O4S. The number of ether oxygens (including phenoxy) is 1. The summed E-state index contributed by atoms with van der Waals surface area (Å²) in [6, 6.07) is 0. The Hall–Kier alpha value is -0.660. The highest BCUT2D eigenvalue weighted by atomic mass is 32.2. The van der Waals surface area contributed by atoms with Gasteiger partial charge in [-0.3, -0.25) is 4.79 Å². The van der Waals surface area contributed by atoms with E-state index in [-0.39, 0.29) is 17.5 Å². The number of likely N-dealkylation sites (N-methyl/N-ethyl adjacent to an activating group) is 1. The predicted octanol–water partition coefficient (Wildman–Crippen LogP) is 0.0382. The van der Waals surface area contributed by atoms with E-state index in [1.807, 2.05) is 13.8 Å². The molecule has 0 saturated carbocycles. The molecule has 0 aromatic heterocycles. The maximum atomic E-state index is 11.8. The number of hydrogen-bond donors (Lipinski definition) is 1. The lowest BCUT2D eigenvalue weighted by atomic mass is 9.95. The molecule has 1 heterocycles. The Balaban J connectivity index is 2.40. The molecule has 1 aliphatic heterocycles. The first-order valence-corrected chi connectivity index (χ1v) is 8.91. The Labute approximate surface area is 121 Å². The highest BCUT2D eigenvalue weighted by Crippen LogP contribution is 2.15. The summed E-state index contributed by atoms with van der Waals surface area (Å²) >= 11 is 0. The number of hydrogen-bond acceptors (Lipinski definition) is 6. The van der Waals surface area contributed by atoms with E-state index in [1.54, 1.807) is 0 Å². The SMILES string of the molecule is CCNC(C)(CCCN1CCS(=O)(=O)CC1)C(=O)OC. The van der Waals surface area contributed by atoms with Crippen molar-refractivity contribution in [2.75, 3.05) is 44.8 Å². The molecule has 118 valence electrons. The Morgan fingerprint density at radius 2 is 1.95 bits per heavy atom. The van der Waals surface area contributed by atoms with Crippen molar-refractivity contribution < 1.29 is 17.9 Å². The van der Waals surface area contributed by atoms with Crippen LogP contribution in [0.2, 0.25) is 0 Å². The second kappa shape index (κ2) is 7.38. The number of sulfone groups is 1. The molecule has 6 nitrogen and oxygen atoms in total. The number of carbonyl (C=O) groups is 1. The average molecular weight is 306 g/mol. The fourth-order valence-electron chi connectivity index (χ4n) is 2.51. The van der Waals surface area contributed by atoms with E-state index in [0.29, 0.717) is 26.1 Å². The first-order valence-electron chi connectivity index (χ1n) is 7.09. The van der Waals surface area contributed by atoms with E-state index in [4.69, 9.17) is 4.74 Å². The highest BCUT2D eigenvalue weighted by molar-refractivity contribution is 7.91. The minimum atomic E-state index is -2.82. The first-order chi connectivity index (χ1) is 9.33. The molecule has 0 aromatic carbocycles. The average Bonchev–Trinajstić information content (AvgIpc) is 2.40. The summed E-state index contributed by atoms with van der Waals surface area (Å²) in [4.78, 5) is 14.0. The van der Waals surface area contributed by atoms with Crippen molar-refractivity contribution in [2.45, 2.75) is 32.2 Å². The molecule has 1 saturated heterocycles. The maximum absolute atomic E-state index is 11.8. The molecule has 1 N–H and O–H groups in total. The zero-order chi connectivity index (χ0) is 15.2. The van der Waals surface area contributed by atoms with Gasteiger partial charge in [0.25, 0.3) is 0 Å². The van der Waals surface area contributed by atoms with Crippen LogP contribution >= 0.6 is 0 Å². The van der Waals surface area contributed by atoms with Crippen molar-refractivity contribution in [1.82, 2.24) is 10.2 Å². The van der Waals surface area contributed by atoms with Gasteiger partial charge in [0, 0.05) is 13.1 Å². The molecule has 0 spiro atoms. The third-order valence-electron chi connectivity index (χ3n) is 3.79. The zero-order valence-electron chi connectivity index (χ0n) is 12.6. The topological polar surface area (TPSA) is 75.7 Å². The predicted molar refractivity (Wildman–Crippen MR) is 78.4 cm³/mol. The van der Waals surface area contributed by atoms with Gasteiger partial charge in [0.2, 0.25) is 0 Å². The van der Waals surface area contributed by atoms with Crippen molar-refractivity contribution in [1.29, 1.82) is 0 Å². The molecule has 1 unspecified atom stereocenters. The van der Waals surface area contributed by atoms with Crippen LogP contribution in [0.3, 0.4) is 0 Å². The minimum absolute atomic E-state index is 0.245. The van der Waals surface area contributed by atoms with Crippen LogP contribution in [0, 0.1) is 0 Å². The lowest BCUT2D eigenvalue weighted by Gasteiger charge is -2.30. The quantitative estimate of drug-likeness (QED) is 0.669. The molecule has 7 heteroatoms. The van der Waals surface area contributed by atoms with Crippen LogP contribution in [0.4, 0.5) is 0 Å². The Morgan fingerprint density at radius 1 is 1.35 bits per heavy atom. The number of rotatable bonds is 7. The van der Waals surface area contributed by atoms with Gasteiger partial charge < -0.3 is 15.0 Å². The number of carbonyl (C=O) groups excluding carboxylic acids is 1. The normalized spacial score (nSPS) is 22.1. The molecular weight excluding hydrogens is 280 g/mol. The second-order valence-corrected chi connectivity index (χ2v) is 7.75. The van der Waals surface area contributed by atoms with Gasteiger partial charge in [-0.15, -0.1) is 0 Å². The monoisotopic (exact) mass is 306 g/mol. The van der Waals surface area contributed by atoms with Crippen LogP contribution in [-0.4, -0.2) is 69.6 Å². The van der Waals surface area contributed by atoms with E-state index in [9.17, 15) is 13.2 Å². The van der Waals surface area contributed by atoms with Gasteiger partial charge in [-0.1, -0.05) is 6.92 Å².